The predicted molar refractivity (Wildman–Crippen MR) is 80.1 cm³/mol. The summed E-state index contributed by atoms with van der Waals surface area (Å²) in [4.78, 5) is 0. The molecule has 1 atom stereocenters. The third kappa shape index (κ3) is 2.54. The van der Waals surface area contributed by atoms with Gasteiger partial charge in [-0.15, -0.1) is 0 Å². The van der Waals surface area contributed by atoms with Crippen LogP contribution < -0.4 is 0 Å². The van der Waals surface area contributed by atoms with Gasteiger partial charge in [0.15, 0.2) is 0 Å². The van der Waals surface area contributed by atoms with Crippen molar-refractivity contribution in [2.75, 3.05) is 0 Å². The van der Waals surface area contributed by atoms with Gasteiger partial charge >= 0.3 is 0 Å². The van der Waals surface area contributed by atoms with Gasteiger partial charge in [-0.25, -0.2) is 4.68 Å². The number of alkyl halides is 1. The second-order valence-electron chi connectivity index (χ2n) is 4.29. The van der Waals surface area contributed by atoms with E-state index >= 15 is 0 Å². The van der Waals surface area contributed by atoms with Gasteiger partial charge in [-0.1, -0.05) is 66.2 Å². The minimum atomic E-state index is -0.292. The summed E-state index contributed by atoms with van der Waals surface area (Å²) in [6.07, 6.45) is 5.78. The van der Waals surface area contributed by atoms with Gasteiger partial charge in [0.05, 0.1) is 11.7 Å². The lowest BCUT2D eigenvalue weighted by atomic mass is 10.2. The first-order valence-electron chi connectivity index (χ1n) is 6.14. The van der Waals surface area contributed by atoms with Crippen LogP contribution in [-0.4, -0.2) is 9.78 Å². The zero-order valence-electron chi connectivity index (χ0n) is 10.3. The quantitative estimate of drug-likeness (QED) is 0.640. The van der Waals surface area contributed by atoms with Crippen LogP contribution in [-0.2, 0) is 0 Å². The summed E-state index contributed by atoms with van der Waals surface area (Å²) in [5.41, 5.74) is 1.88. The monoisotopic (exact) mass is 268 g/mol. The number of benzene rings is 2. The molecular formula is C16H13ClN2. The highest BCUT2D eigenvalue weighted by molar-refractivity contribution is 6.20. The fraction of sp³-hybridized carbons (Fsp3) is 0.0625. The van der Waals surface area contributed by atoms with E-state index in [-0.39, 0.29) is 5.50 Å². The van der Waals surface area contributed by atoms with Crippen LogP contribution >= 0.6 is 11.6 Å². The van der Waals surface area contributed by atoms with E-state index < -0.39 is 0 Å². The molecule has 1 heterocycles. The minimum absolute atomic E-state index is 0.292. The van der Waals surface area contributed by atoms with Crippen LogP contribution in [0.5, 0.6) is 0 Å². The van der Waals surface area contributed by atoms with Crippen LogP contribution in [0, 0.1) is 0 Å². The molecule has 0 fully saturated rings. The summed E-state index contributed by atoms with van der Waals surface area (Å²) in [7, 11) is 0. The lowest BCUT2D eigenvalue weighted by Gasteiger charge is -2.06. The van der Waals surface area contributed by atoms with Gasteiger partial charge in [-0.2, -0.15) is 5.10 Å². The van der Waals surface area contributed by atoms with Crippen molar-refractivity contribution in [1.29, 1.82) is 0 Å². The number of allylic oxidation sites excluding steroid dienone is 1. The van der Waals surface area contributed by atoms with Crippen molar-refractivity contribution >= 4 is 28.6 Å². The van der Waals surface area contributed by atoms with Gasteiger partial charge in [-0.05, 0) is 17.7 Å². The Morgan fingerprint density at radius 2 is 1.74 bits per heavy atom. The Kier molecular flexibility index (Phi) is 3.34. The van der Waals surface area contributed by atoms with Crippen molar-refractivity contribution in [3.05, 3.63) is 72.4 Å². The van der Waals surface area contributed by atoms with Crippen molar-refractivity contribution in [3.63, 3.8) is 0 Å². The van der Waals surface area contributed by atoms with Crippen LogP contribution in [0.1, 0.15) is 11.1 Å². The van der Waals surface area contributed by atoms with Gasteiger partial charge in [0.2, 0.25) is 0 Å². The molecule has 1 aromatic heterocycles. The van der Waals surface area contributed by atoms with Crippen molar-refractivity contribution in [1.82, 2.24) is 9.78 Å². The summed E-state index contributed by atoms with van der Waals surface area (Å²) in [6.45, 7) is 0. The van der Waals surface area contributed by atoms with Crippen molar-refractivity contribution < 1.29 is 0 Å². The summed E-state index contributed by atoms with van der Waals surface area (Å²) < 4.78 is 1.82. The Bertz CT molecular complexity index is 701. The maximum Gasteiger partial charge on any atom is 0.144 e. The third-order valence-electron chi connectivity index (χ3n) is 2.99. The van der Waals surface area contributed by atoms with Gasteiger partial charge in [0, 0.05) is 5.39 Å². The zero-order valence-corrected chi connectivity index (χ0v) is 11.0. The predicted octanol–water partition coefficient (Wildman–Crippen LogP) is 4.49. The highest BCUT2D eigenvalue weighted by Crippen LogP contribution is 2.21. The molecule has 2 aromatic carbocycles. The molecule has 0 aliphatic heterocycles. The Morgan fingerprint density at radius 1 is 1.00 bits per heavy atom. The van der Waals surface area contributed by atoms with Crippen LogP contribution in [0.3, 0.4) is 0 Å². The molecule has 0 aliphatic carbocycles. The van der Waals surface area contributed by atoms with Crippen LogP contribution in [0.2, 0.25) is 0 Å². The Hall–Kier alpha value is -2.06. The number of aromatic nitrogens is 2. The summed E-state index contributed by atoms with van der Waals surface area (Å²) in [6, 6.07) is 18.1. The van der Waals surface area contributed by atoms with Gasteiger partial charge in [0.25, 0.3) is 0 Å². The van der Waals surface area contributed by atoms with Gasteiger partial charge in [-0.3, -0.25) is 0 Å². The van der Waals surface area contributed by atoms with Crippen LogP contribution in [0.15, 0.2) is 66.9 Å². The van der Waals surface area contributed by atoms with E-state index in [9.17, 15) is 0 Å². The normalized spacial score (nSPS) is 13.1. The minimum Gasteiger partial charge on any atom is -0.243 e. The molecule has 0 radical (unpaired) electrons. The molecular weight excluding hydrogens is 256 g/mol. The van der Waals surface area contributed by atoms with E-state index in [0.717, 1.165) is 16.5 Å². The number of para-hydroxylation sites is 1. The Labute approximate surface area is 116 Å². The molecule has 0 amide bonds. The van der Waals surface area contributed by atoms with Gasteiger partial charge < -0.3 is 0 Å². The van der Waals surface area contributed by atoms with Crippen molar-refractivity contribution in [2.45, 2.75) is 5.50 Å². The second-order valence-corrected chi connectivity index (χ2v) is 4.74. The fourth-order valence-electron chi connectivity index (χ4n) is 2.02. The summed E-state index contributed by atoms with van der Waals surface area (Å²) in [5, 5.41) is 5.44. The smallest absolute Gasteiger partial charge is 0.144 e. The highest BCUT2D eigenvalue weighted by Gasteiger charge is 2.07. The lowest BCUT2D eigenvalue weighted by Crippen LogP contribution is -2.01. The first-order chi connectivity index (χ1) is 9.34. The zero-order chi connectivity index (χ0) is 13.1. The fourth-order valence-corrected chi connectivity index (χ4v) is 2.25. The van der Waals surface area contributed by atoms with E-state index in [0.29, 0.717) is 0 Å². The Morgan fingerprint density at radius 3 is 2.58 bits per heavy atom. The molecule has 0 N–H and O–H groups in total. The highest BCUT2D eigenvalue weighted by atomic mass is 35.5. The lowest BCUT2D eigenvalue weighted by molar-refractivity contribution is 0.704. The molecule has 1 unspecified atom stereocenters. The molecule has 0 bridgehead atoms. The maximum atomic E-state index is 6.39. The average Bonchev–Trinajstić information content (AvgIpc) is 2.90. The van der Waals surface area contributed by atoms with E-state index in [1.165, 1.54) is 0 Å². The van der Waals surface area contributed by atoms with E-state index in [4.69, 9.17) is 11.6 Å². The average molecular weight is 269 g/mol. The number of nitrogens with zero attached hydrogens (tertiary/aromatic N) is 2. The van der Waals surface area contributed by atoms with Crippen LogP contribution in [0.4, 0.5) is 0 Å². The third-order valence-corrected chi connectivity index (χ3v) is 3.32. The number of rotatable bonds is 3. The first kappa shape index (κ1) is 12.0. The second kappa shape index (κ2) is 5.29. The van der Waals surface area contributed by atoms with Crippen LogP contribution in [0.25, 0.3) is 17.0 Å². The first-order valence-corrected chi connectivity index (χ1v) is 6.58. The molecule has 0 spiro atoms. The standard InChI is InChI=1S/C16H13ClN2/c17-16(11-10-13-6-2-1-3-7-13)19-15-9-5-4-8-14(15)12-18-19/h1-12,16H. The van der Waals surface area contributed by atoms with E-state index in [1.807, 2.05) is 77.6 Å². The maximum absolute atomic E-state index is 6.39. The largest absolute Gasteiger partial charge is 0.243 e. The summed E-state index contributed by atoms with van der Waals surface area (Å²) in [5.74, 6) is 0. The molecule has 3 rings (SSSR count). The Balaban J connectivity index is 1.88. The molecule has 19 heavy (non-hydrogen) atoms. The van der Waals surface area contributed by atoms with Crippen molar-refractivity contribution in [2.24, 2.45) is 0 Å². The summed E-state index contributed by atoms with van der Waals surface area (Å²) >= 11 is 6.39. The SMILES string of the molecule is ClC(C=Cc1ccccc1)n1ncc2ccccc21. The van der Waals surface area contributed by atoms with E-state index in [2.05, 4.69) is 5.10 Å². The molecule has 0 saturated carbocycles. The molecule has 3 aromatic rings. The number of hydrogen-bond donors (Lipinski definition) is 0. The molecule has 3 heteroatoms. The number of fused-ring (bicyclic) bond motifs is 1. The van der Waals surface area contributed by atoms with Gasteiger partial charge in [0.1, 0.15) is 5.50 Å². The van der Waals surface area contributed by atoms with Crippen molar-refractivity contribution in [3.8, 4) is 0 Å². The number of halogens is 1. The van der Waals surface area contributed by atoms with E-state index in [1.54, 1.807) is 0 Å². The molecule has 2 nitrogen and oxygen atoms in total. The molecule has 0 saturated heterocycles. The number of hydrogen-bond acceptors (Lipinski definition) is 1. The molecule has 94 valence electrons. The molecule has 0 aliphatic rings. The topological polar surface area (TPSA) is 17.8 Å².